The number of rotatable bonds is 6. The number of amides is 1. The summed E-state index contributed by atoms with van der Waals surface area (Å²) in [7, 11) is 1.72. The highest BCUT2D eigenvalue weighted by atomic mass is 127. The number of aryl methyl sites for hydroxylation is 1. The summed E-state index contributed by atoms with van der Waals surface area (Å²) in [6.45, 7) is 9.34. The number of para-hydroxylation sites is 1. The van der Waals surface area contributed by atoms with Crippen molar-refractivity contribution in [3.05, 3.63) is 35.6 Å². The fourth-order valence-corrected chi connectivity index (χ4v) is 2.58. The molecule has 7 nitrogen and oxygen atoms in total. The molecule has 0 atom stereocenters. The third-order valence-electron chi connectivity index (χ3n) is 3.90. The summed E-state index contributed by atoms with van der Waals surface area (Å²) < 4.78 is 11.1. The predicted molar refractivity (Wildman–Crippen MR) is 123 cm³/mol. The van der Waals surface area contributed by atoms with Crippen LogP contribution in [0, 0.1) is 6.92 Å². The minimum Gasteiger partial charge on any atom is -0.459 e. The number of hydrogen-bond acceptors (Lipinski definition) is 4. The van der Waals surface area contributed by atoms with E-state index in [9.17, 15) is 4.79 Å². The van der Waals surface area contributed by atoms with E-state index in [1.807, 2.05) is 39.0 Å². The highest BCUT2D eigenvalue weighted by molar-refractivity contribution is 14.0. The van der Waals surface area contributed by atoms with Crippen molar-refractivity contribution in [2.75, 3.05) is 20.1 Å². The Kier molecular flexibility index (Phi) is 9.57. The SMILES string of the molecule is CN=C(NCCCNC(=O)OC(C)(C)C)NCc1oc2ccccc2c1C.I. The number of aliphatic imine (C=N–C) groups is 1. The molecule has 1 aromatic carbocycles. The average molecular weight is 502 g/mol. The number of fused-ring (bicyclic) bond motifs is 1. The zero-order valence-electron chi connectivity index (χ0n) is 17.2. The van der Waals surface area contributed by atoms with Crippen LogP contribution in [-0.2, 0) is 11.3 Å². The van der Waals surface area contributed by atoms with E-state index in [4.69, 9.17) is 9.15 Å². The summed E-state index contributed by atoms with van der Waals surface area (Å²) in [6, 6.07) is 8.00. The van der Waals surface area contributed by atoms with Crippen LogP contribution in [0.3, 0.4) is 0 Å². The number of carbonyl (C=O) groups excluding carboxylic acids is 1. The van der Waals surface area contributed by atoms with Crippen molar-refractivity contribution in [1.82, 2.24) is 16.0 Å². The molecule has 8 heteroatoms. The molecule has 1 heterocycles. The normalized spacial score (nSPS) is 11.7. The molecule has 0 aliphatic rings. The third kappa shape index (κ3) is 7.57. The van der Waals surface area contributed by atoms with Crippen LogP contribution in [0.2, 0.25) is 0 Å². The smallest absolute Gasteiger partial charge is 0.407 e. The summed E-state index contributed by atoms with van der Waals surface area (Å²) in [5.41, 5.74) is 1.54. The van der Waals surface area contributed by atoms with Gasteiger partial charge in [-0.05, 0) is 40.2 Å². The van der Waals surface area contributed by atoms with Crippen LogP contribution in [0.25, 0.3) is 11.0 Å². The van der Waals surface area contributed by atoms with Crippen LogP contribution < -0.4 is 16.0 Å². The first-order valence-electron chi connectivity index (χ1n) is 9.18. The van der Waals surface area contributed by atoms with E-state index >= 15 is 0 Å². The summed E-state index contributed by atoms with van der Waals surface area (Å²) in [5.74, 6) is 1.58. The van der Waals surface area contributed by atoms with Gasteiger partial charge in [0.05, 0.1) is 6.54 Å². The van der Waals surface area contributed by atoms with Gasteiger partial charge < -0.3 is 25.1 Å². The lowest BCUT2D eigenvalue weighted by Crippen LogP contribution is -2.39. The van der Waals surface area contributed by atoms with Crippen LogP contribution in [0.5, 0.6) is 0 Å². The Morgan fingerprint density at radius 1 is 1.14 bits per heavy atom. The molecule has 0 spiro atoms. The number of ether oxygens (including phenoxy) is 1. The number of nitrogens with zero attached hydrogens (tertiary/aromatic N) is 1. The van der Waals surface area contributed by atoms with E-state index in [-0.39, 0.29) is 24.0 Å². The minimum absolute atomic E-state index is 0. The molecule has 0 aliphatic heterocycles. The number of benzene rings is 1. The number of nitrogens with one attached hydrogen (secondary N) is 3. The second-order valence-corrected chi connectivity index (χ2v) is 7.28. The molecule has 0 aliphatic carbocycles. The molecule has 0 radical (unpaired) electrons. The van der Waals surface area contributed by atoms with Crippen LogP contribution in [0.1, 0.15) is 38.5 Å². The van der Waals surface area contributed by atoms with Crippen molar-refractivity contribution in [2.24, 2.45) is 4.99 Å². The summed E-state index contributed by atoms with van der Waals surface area (Å²) in [5, 5.41) is 10.3. The van der Waals surface area contributed by atoms with Gasteiger partial charge in [0, 0.05) is 31.1 Å². The molecule has 156 valence electrons. The zero-order valence-corrected chi connectivity index (χ0v) is 19.5. The van der Waals surface area contributed by atoms with Gasteiger partial charge in [-0.15, -0.1) is 24.0 Å². The molecule has 1 aromatic heterocycles. The van der Waals surface area contributed by atoms with Gasteiger partial charge in [-0.1, -0.05) is 18.2 Å². The van der Waals surface area contributed by atoms with Crippen LogP contribution in [0.4, 0.5) is 4.79 Å². The Labute approximate surface area is 183 Å². The lowest BCUT2D eigenvalue weighted by Gasteiger charge is -2.19. The maximum atomic E-state index is 11.6. The van der Waals surface area contributed by atoms with E-state index in [0.717, 1.165) is 28.7 Å². The summed E-state index contributed by atoms with van der Waals surface area (Å²) in [6.07, 6.45) is 0.356. The second kappa shape index (κ2) is 11.1. The van der Waals surface area contributed by atoms with E-state index in [0.29, 0.717) is 25.6 Å². The molecule has 0 unspecified atom stereocenters. The minimum atomic E-state index is -0.483. The van der Waals surface area contributed by atoms with Gasteiger partial charge in [-0.2, -0.15) is 0 Å². The van der Waals surface area contributed by atoms with Crippen LogP contribution in [0.15, 0.2) is 33.7 Å². The predicted octanol–water partition coefficient (Wildman–Crippen LogP) is 3.94. The van der Waals surface area contributed by atoms with Crippen LogP contribution in [-0.4, -0.2) is 37.8 Å². The Hall–Kier alpha value is -1.97. The molecule has 1 amide bonds. The van der Waals surface area contributed by atoms with Gasteiger partial charge in [0.1, 0.15) is 16.9 Å². The molecule has 0 saturated heterocycles. The highest BCUT2D eigenvalue weighted by Crippen LogP contribution is 2.24. The number of alkyl carbamates (subject to hydrolysis) is 1. The summed E-state index contributed by atoms with van der Waals surface area (Å²) in [4.78, 5) is 15.8. The monoisotopic (exact) mass is 502 g/mol. The van der Waals surface area contributed by atoms with E-state index in [2.05, 4.69) is 33.9 Å². The van der Waals surface area contributed by atoms with Crippen LogP contribution >= 0.6 is 24.0 Å². The average Bonchev–Trinajstić information content (AvgIpc) is 2.92. The van der Waals surface area contributed by atoms with Crippen molar-refractivity contribution in [2.45, 2.75) is 46.3 Å². The van der Waals surface area contributed by atoms with E-state index in [1.165, 1.54) is 0 Å². The zero-order chi connectivity index (χ0) is 19.9. The molecule has 2 rings (SSSR count). The fraction of sp³-hybridized carbons (Fsp3) is 0.500. The first-order chi connectivity index (χ1) is 12.8. The van der Waals surface area contributed by atoms with Gasteiger partial charge >= 0.3 is 6.09 Å². The maximum Gasteiger partial charge on any atom is 0.407 e. The van der Waals surface area contributed by atoms with Gasteiger partial charge in [0.15, 0.2) is 5.96 Å². The number of halogens is 1. The van der Waals surface area contributed by atoms with Gasteiger partial charge in [0.25, 0.3) is 0 Å². The van der Waals surface area contributed by atoms with Crippen molar-refractivity contribution in [1.29, 1.82) is 0 Å². The second-order valence-electron chi connectivity index (χ2n) is 7.28. The summed E-state index contributed by atoms with van der Waals surface area (Å²) >= 11 is 0. The Morgan fingerprint density at radius 2 is 1.82 bits per heavy atom. The topological polar surface area (TPSA) is 87.9 Å². The third-order valence-corrected chi connectivity index (χ3v) is 3.90. The Bertz CT molecular complexity index is 796. The number of furan rings is 1. The quantitative estimate of drug-likeness (QED) is 0.241. The van der Waals surface area contributed by atoms with Gasteiger partial charge in [0.2, 0.25) is 0 Å². The fourth-order valence-electron chi connectivity index (χ4n) is 2.58. The van der Waals surface area contributed by atoms with E-state index in [1.54, 1.807) is 7.05 Å². The lowest BCUT2D eigenvalue weighted by atomic mass is 10.1. The van der Waals surface area contributed by atoms with Gasteiger partial charge in [-0.3, -0.25) is 4.99 Å². The van der Waals surface area contributed by atoms with Crippen molar-refractivity contribution < 1.29 is 13.9 Å². The first-order valence-corrected chi connectivity index (χ1v) is 9.18. The lowest BCUT2D eigenvalue weighted by molar-refractivity contribution is 0.0527. The first kappa shape index (κ1) is 24.1. The van der Waals surface area contributed by atoms with Gasteiger partial charge in [-0.25, -0.2) is 4.79 Å². The number of hydrogen-bond donors (Lipinski definition) is 3. The molecule has 28 heavy (non-hydrogen) atoms. The van der Waals surface area contributed by atoms with Crippen molar-refractivity contribution in [3.8, 4) is 0 Å². The number of carbonyl (C=O) groups is 1. The Morgan fingerprint density at radius 3 is 2.46 bits per heavy atom. The molecule has 0 fully saturated rings. The standard InChI is InChI=1S/C20H30N4O3.HI/c1-14-15-9-6-7-10-16(15)26-17(14)13-24-18(21-5)22-11-8-12-23-19(25)27-20(2,3)4;/h6-7,9-10H,8,11-13H2,1-5H3,(H,23,25)(H2,21,22,24);1H. The Balaban J connectivity index is 0.00000392. The molecule has 0 bridgehead atoms. The largest absolute Gasteiger partial charge is 0.459 e. The molecular formula is C20H31IN4O3. The molecule has 2 aromatic rings. The molecular weight excluding hydrogens is 471 g/mol. The van der Waals surface area contributed by atoms with Crippen molar-refractivity contribution >= 4 is 47.0 Å². The van der Waals surface area contributed by atoms with E-state index < -0.39 is 11.7 Å². The molecule has 0 saturated carbocycles. The number of guanidine groups is 1. The maximum absolute atomic E-state index is 11.6. The molecule has 3 N–H and O–H groups in total. The highest BCUT2D eigenvalue weighted by Gasteiger charge is 2.15. The van der Waals surface area contributed by atoms with Crippen molar-refractivity contribution in [3.63, 3.8) is 0 Å².